The first-order chi connectivity index (χ1) is 11.6. The number of carbonyl (C=O) groups is 1. The Morgan fingerprint density at radius 1 is 1.29 bits per heavy atom. The molecule has 1 aliphatic heterocycles. The van der Waals surface area contributed by atoms with Crippen molar-refractivity contribution < 1.29 is 9.90 Å². The van der Waals surface area contributed by atoms with E-state index in [1.54, 1.807) is 18.5 Å². The Morgan fingerprint density at radius 3 is 2.67 bits per heavy atom. The summed E-state index contributed by atoms with van der Waals surface area (Å²) in [5.41, 5.74) is 2.20. The molecule has 0 unspecified atom stereocenters. The molecule has 0 aliphatic carbocycles. The van der Waals surface area contributed by atoms with Gasteiger partial charge in [0.2, 0.25) is 0 Å². The number of hydrogen-bond acceptors (Lipinski definition) is 6. The molecule has 7 nitrogen and oxygen atoms in total. The second-order valence-corrected chi connectivity index (χ2v) is 5.99. The summed E-state index contributed by atoms with van der Waals surface area (Å²) < 4.78 is 0. The van der Waals surface area contributed by atoms with Crippen LogP contribution in [0.5, 0.6) is 0 Å². The van der Waals surface area contributed by atoms with Crippen molar-refractivity contribution in [1.82, 2.24) is 20.5 Å². The predicted octanol–water partition coefficient (Wildman–Crippen LogP) is 1.07. The zero-order chi connectivity index (χ0) is 16.9. The third-order valence-electron chi connectivity index (χ3n) is 4.16. The van der Waals surface area contributed by atoms with Gasteiger partial charge in [-0.25, -0.2) is 0 Å². The molecule has 24 heavy (non-hydrogen) atoms. The maximum Gasteiger partial charge on any atom is 0.272 e. The fraction of sp³-hybridized carbons (Fsp3) is 0.412. The number of carbonyl (C=O) groups excluding carboxylic acids is 1. The van der Waals surface area contributed by atoms with E-state index >= 15 is 0 Å². The molecular formula is C17H21N5O2. The van der Waals surface area contributed by atoms with Gasteiger partial charge >= 0.3 is 0 Å². The van der Waals surface area contributed by atoms with Crippen LogP contribution in [0.4, 0.5) is 5.82 Å². The smallest absolute Gasteiger partial charge is 0.272 e. The van der Waals surface area contributed by atoms with Gasteiger partial charge in [-0.05, 0) is 49.1 Å². The molecular weight excluding hydrogens is 306 g/mol. The number of aromatic nitrogens is 3. The number of nitrogens with one attached hydrogen (secondary N) is 1. The van der Waals surface area contributed by atoms with E-state index in [4.69, 9.17) is 0 Å². The highest BCUT2D eigenvalue weighted by molar-refractivity contribution is 5.92. The highest BCUT2D eigenvalue weighted by atomic mass is 16.3. The van der Waals surface area contributed by atoms with Crippen LogP contribution >= 0.6 is 0 Å². The van der Waals surface area contributed by atoms with Gasteiger partial charge in [0.25, 0.3) is 5.91 Å². The third kappa shape index (κ3) is 3.86. The van der Waals surface area contributed by atoms with Gasteiger partial charge in [-0.1, -0.05) is 0 Å². The van der Waals surface area contributed by atoms with E-state index < -0.39 is 0 Å². The fourth-order valence-electron chi connectivity index (χ4n) is 2.75. The first-order valence-corrected chi connectivity index (χ1v) is 8.08. The Labute approximate surface area is 140 Å². The minimum atomic E-state index is -0.247. The predicted molar refractivity (Wildman–Crippen MR) is 89.6 cm³/mol. The second kappa shape index (κ2) is 7.35. The minimum Gasteiger partial charge on any atom is -0.393 e. The molecule has 3 heterocycles. The van der Waals surface area contributed by atoms with Gasteiger partial charge in [0.05, 0.1) is 6.10 Å². The molecule has 1 fully saturated rings. The van der Waals surface area contributed by atoms with E-state index in [1.807, 2.05) is 19.1 Å². The summed E-state index contributed by atoms with van der Waals surface area (Å²) in [6, 6.07) is 5.46. The van der Waals surface area contributed by atoms with Crippen molar-refractivity contribution in [2.75, 3.05) is 18.0 Å². The molecule has 2 aromatic heterocycles. The van der Waals surface area contributed by atoms with Crippen LogP contribution in [0, 0.1) is 6.92 Å². The number of pyridine rings is 1. The van der Waals surface area contributed by atoms with E-state index in [1.165, 1.54) is 0 Å². The number of aliphatic hydroxyl groups is 1. The molecule has 126 valence electrons. The topological polar surface area (TPSA) is 91.2 Å². The van der Waals surface area contributed by atoms with Crippen LogP contribution in [0.3, 0.4) is 0 Å². The Kier molecular flexibility index (Phi) is 5.00. The number of hydrogen-bond donors (Lipinski definition) is 2. The average molecular weight is 327 g/mol. The quantitative estimate of drug-likeness (QED) is 0.873. The minimum absolute atomic E-state index is 0.229. The monoisotopic (exact) mass is 327 g/mol. The normalized spacial score (nSPS) is 15.3. The van der Waals surface area contributed by atoms with Crippen LogP contribution in [-0.4, -0.2) is 45.4 Å². The van der Waals surface area contributed by atoms with Crippen molar-refractivity contribution in [3.05, 3.63) is 47.4 Å². The first-order valence-electron chi connectivity index (χ1n) is 8.08. The van der Waals surface area contributed by atoms with Crippen molar-refractivity contribution >= 4 is 11.7 Å². The molecule has 3 rings (SSSR count). The van der Waals surface area contributed by atoms with Crippen LogP contribution < -0.4 is 10.2 Å². The molecule has 0 spiro atoms. The number of nitrogens with zero attached hydrogens (tertiary/aromatic N) is 4. The highest BCUT2D eigenvalue weighted by Gasteiger charge is 2.20. The maximum atomic E-state index is 12.2. The summed E-state index contributed by atoms with van der Waals surface area (Å²) in [7, 11) is 0. The van der Waals surface area contributed by atoms with Crippen LogP contribution in [0.15, 0.2) is 30.6 Å². The lowest BCUT2D eigenvalue weighted by molar-refractivity contribution is 0.0945. The van der Waals surface area contributed by atoms with Gasteiger partial charge in [-0.2, -0.15) is 0 Å². The number of piperidine rings is 1. The van der Waals surface area contributed by atoms with Gasteiger partial charge < -0.3 is 15.3 Å². The second-order valence-electron chi connectivity index (χ2n) is 5.99. The van der Waals surface area contributed by atoms with Crippen molar-refractivity contribution in [1.29, 1.82) is 0 Å². The number of aliphatic hydroxyl groups excluding tert-OH is 1. The van der Waals surface area contributed by atoms with Crippen LogP contribution in [0.25, 0.3) is 0 Å². The van der Waals surface area contributed by atoms with E-state index in [-0.39, 0.29) is 12.0 Å². The maximum absolute atomic E-state index is 12.2. The summed E-state index contributed by atoms with van der Waals surface area (Å²) in [5, 5.41) is 20.7. The molecule has 1 amide bonds. The Hall–Kier alpha value is -2.54. The summed E-state index contributed by atoms with van der Waals surface area (Å²) in [4.78, 5) is 18.3. The standard InChI is InChI=1S/C17H21N5O2/c1-12-10-15(17(24)19-11-13-2-6-18-7-3-13)20-21-16(12)22-8-4-14(23)5-9-22/h2-3,6-7,10,14,23H,4-5,8-9,11H2,1H3,(H,19,24). The lowest BCUT2D eigenvalue weighted by Crippen LogP contribution is -2.37. The van der Waals surface area contributed by atoms with Gasteiger partial charge in [-0.3, -0.25) is 9.78 Å². The van der Waals surface area contributed by atoms with Gasteiger partial charge in [0, 0.05) is 32.0 Å². The number of amides is 1. The number of rotatable bonds is 4. The summed E-state index contributed by atoms with van der Waals surface area (Å²) in [6.45, 7) is 3.86. The van der Waals surface area contributed by atoms with Crippen molar-refractivity contribution in [3.8, 4) is 0 Å². The fourth-order valence-corrected chi connectivity index (χ4v) is 2.75. The lowest BCUT2D eigenvalue weighted by Gasteiger charge is -2.31. The third-order valence-corrected chi connectivity index (χ3v) is 4.16. The summed E-state index contributed by atoms with van der Waals surface area (Å²) in [5.74, 6) is 0.538. The molecule has 2 aromatic rings. The molecule has 0 bridgehead atoms. The summed E-state index contributed by atoms with van der Waals surface area (Å²) in [6.07, 6.45) is 4.61. The Bertz CT molecular complexity index is 699. The number of anilines is 1. The molecule has 1 aliphatic rings. The molecule has 0 saturated carbocycles. The van der Waals surface area contributed by atoms with Crippen molar-refractivity contribution in [3.63, 3.8) is 0 Å². The molecule has 0 radical (unpaired) electrons. The molecule has 1 saturated heterocycles. The molecule has 0 aromatic carbocycles. The van der Waals surface area contributed by atoms with E-state index in [9.17, 15) is 9.90 Å². The van der Waals surface area contributed by atoms with Gasteiger partial charge in [-0.15, -0.1) is 10.2 Å². The van der Waals surface area contributed by atoms with Crippen LogP contribution in [0.1, 0.15) is 34.5 Å². The molecule has 0 atom stereocenters. The first kappa shape index (κ1) is 16.3. The SMILES string of the molecule is Cc1cc(C(=O)NCc2ccncc2)nnc1N1CCC(O)CC1. The summed E-state index contributed by atoms with van der Waals surface area (Å²) >= 11 is 0. The largest absolute Gasteiger partial charge is 0.393 e. The van der Waals surface area contributed by atoms with Gasteiger partial charge in [0.15, 0.2) is 11.5 Å². The Morgan fingerprint density at radius 2 is 2.00 bits per heavy atom. The van der Waals surface area contributed by atoms with Crippen molar-refractivity contribution in [2.24, 2.45) is 0 Å². The Balaban J connectivity index is 1.64. The van der Waals surface area contributed by atoms with E-state index in [0.29, 0.717) is 12.2 Å². The highest BCUT2D eigenvalue weighted by Crippen LogP contribution is 2.21. The lowest BCUT2D eigenvalue weighted by atomic mass is 10.1. The van der Waals surface area contributed by atoms with Crippen molar-refractivity contribution in [2.45, 2.75) is 32.4 Å². The average Bonchev–Trinajstić information content (AvgIpc) is 2.61. The van der Waals surface area contributed by atoms with Crippen LogP contribution in [-0.2, 0) is 6.54 Å². The number of aryl methyl sites for hydroxylation is 1. The van der Waals surface area contributed by atoms with Crippen LogP contribution in [0.2, 0.25) is 0 Å². The zero-order valence-corrected chi connectivity index (χ0v) is 13.6. The van der Waals surface area contributed by atoms with Gasteiger partial charge in [0.1, 0.15) is 0 Å². The zero-order valence-electron chi connectivity index (χ0n) is 13.6. The van der Waals surface area contributed by atoms with E-state index in [2.05, 4.69) is 25.4 Å². The molecule has 7 heteroatoms. The van der Waals surface area contributed by atoms with E-state index in [0.717, 1.165) is 42.9 Å². The molecule has 2 N–H and O–H groups in total.